The number of rotatable bonds is 6. The zero-order valence-electron chi connectivity index (χ0n) is 13.2. The fraction of sp³-hybridized carbons (Fsp3) is 0.278. The van der Waals surface area contributed by atoms with Crippen molar-refractivity contribution in [3.8, 4) is 0 Å². The van der Waals surface area contributed by atoms with Crippen molar-refractivity contribution < 1.29 is 4.79 Å². The second-order valence-corrected chi connectivity index (χ2v) is 5.45. The van der Waals surface area contributed by atoms with Crippen molar-refractivity contribution in [3.05, 3.63) is 65.7 Å². The summed E-state index contributed by atoms with van der Waals surface area (Å²) in [5, 5.41) is 0. The van der Waals surface area contributed by atoms with E-state index in [1.165, 1.54) is 0 Å². The maximum atomic E-state index is 12.8. The first kappa shape index (κ1) is 16.0. The summed E-state index contributed by atoms with van der Waals surface area (Å²) < 4.78 is 0. The van der Waals surface area contributed by atoms with Crippen LogP contribution in [0.5, 0.6) is 0 Å². The molecule has 0 bridgehead atoms. The van der Waals surface area contributed by atoms with Crippen molar-refractivity contribution in [2.24, 2.45) is 5.73 Å². The average molecular weight is 297 g/mol. The van der Waals surface area contributed by atoms with E-state index in [1.54, 1.807) is 4.90 Å². The lowest BCUT2D eigenvalue weighted by Gasteiger charge is -2.23. The van der Waals surface area contributed by atoms with Gasteiger partial charge in [-0.3, -0.25) is 4.79 Å². The lowest BCUT2D eigenvalue weighted by molar-refractivity contribution is 0.0748. The molecule has 0 saturated carbocycles. The Morgan fingerprint density at radius 1 is 1.05 bits per heavy atom. The molecule has 0 saturated heterocycles. The van der Waals surface area contributed by atoms with Crippen molar-refractivity contribution in [2.45, 2.75) is 6.54 Å². The van der Waals surface area contributed by atoms with Gasteiger partial charge < -0.3 is 15.5 Å². The Labute approximate surface area is 132 Å². The molecule has 2 aromatic carbocycles. The van der Waals surface area contributed by atoms with Gasteiger partial charge >= 0.3 is 0 Å². The fourth-order valence-corrected chi connectivity index (χ4v) is 2.31. The first-order valence-corrected chi connectivity index (χ1v) is 7.42. The summed E-state index contributed by atoms with van der Waals surface area (Å²) in [6, 6.07) is 17.6. The van der Waals surface area contributed by atoms with E-state index in [0.29, 0.717) is 25.2 Å². The Bertz CT molecular complexity index is 611. The van der Waals surface area contributed by atoms with Crippen molar-refractivity contribution in [3.63, 3.8) is 0 Å². The van der Waals surface area contributed by atoms with E-state index < -0.39 is 0 Å². The van der Waals surface area contributed by atoms with Gasteiger partial charge in [0.15, 0.2) is 0 Å². The molecule has 0 unspecified atom stereocenters. The molecule has 0 heterocycles. The molecular weight excluding hydrogens is 274 g/mol. The number of hydrogen-bond acceptors (Lipinski definition) is 3. The van der Waals surface area contributed by atoms with Crippen LogP contribution in [0, 0.1) is 0 Å². The zero-order chi connectivity index (χ0) is 15.9. The molecule has 0 aromatic heterocycles. The highest BCUT2D eigenvalue weighted by Gasteiger charge is 2.16. The molecule has 4 heteroatoms. The molecule has 2 rings (SSSR count). The minimum Gasteiger partial charge on any atom is -0.378 e. The maximum absolute atomic E-state index is 12.8. The zero-order valence-corrected chi connectivity index (χ0v) is 13.2. The van der Waals surface area contributed by atoms with Gasteiger partial charge in [0.2, 0.25) is 0 Å². The molecule has 0 atom stereocenters. The summed E-state index contributed by atoms with van der Waals surface area (Å²) >= 11 is 0. The number of anilines is 1. The number of hydrogen-bond donors (Lipinski definition) is 1. The van der Waals surface area contributed by atoms with Crippen LogP contribution in [-0.4, -0.2) is 38.0 Å². The largest absolute Gasteiger partial charge is 0.378 e. The van der Waals surface area contributed by atoms with Crippen LogP contribution < -0.4 is 10.6 Å². The summed E-state index contributed by atoms with van der Waals surface area (Å²) in [4.78, 5) is 16.5. The topological polar surface area (TPSA) is 49.6 Å². The highest BCUT2D eigenvalue weighted by atomic mass is 16.2. The highest BCUT2D eigenvalue weighted by Crippen LogP contribution is 2.16. The lowest BCUT2D eigenvalue weighted by Crippen LogP contribution is -2.35. The third-order valence-corrected chi connectivity index (χ3v) is 3.51. The van der Waals surface area contributed by atoms with Gasteiger partial charge in [-0.25, -0.2) is 0 Å². The van der Waals surface area contributed by atoms with E-state index in [1.807, 2.05) is 73.6 Å². The Hall–Kier alpha value is -2.33. The van der Waals surface area contributed by atoms with Crippen molar-refractivity contribution >= 4 is 11.6 Å². The number of nitrogens with two attached hydrogens (primary N) is 1. The van der Waals surface area contributed by atoms with Gasteiger partial charge in [0, 0.05) is 45.0 Å². The van der Waals surface area contributed by atoms with Gasteiger partial charge in [0.05, 0.1) is 0 Å². The second kappa shape index (κ2) is 7.61. The normalized spacial score (nSPS) is 10.3. The van der Waals surface area contributed by atoms with Gasteiger partial charge in [-0.2, -0.15) is 0 Å². The van der Waals surface area contributed by atoms with Crippen LogP contribution in [0.4, 0.5) is 5.69 Å². The predicted octanol–water partition coefficient (Wildman–Crippen LogP) is 2.35. The van der Waals surface area contributed by atoms with E-state index >= 15 is 0 Å². The van der Waals surface area contributed by atoms with Gasteiger partial charge in [-0.1, -0.05) is 36.4 Å². The first-order chi connectivity index (χ1) is 10.6. The molecule has 1 amide bonds. The molecule has 0 radical (unpaired) electrons. The maximum Gasteiger partial charge on any atom is 0.254 e. The molecular formula is C18H23N3O. The van der Waals surface area contributed by atoms with Crippen LogP contribution in [0.1, 0.15) is 15.9 Å². The molecule has 22 heavy (non-hydrogen) atoms. The van der Waals surface area contributed by atoms with E-state index in [9.17, 15) is 4.79 Å². The van der Waals surface area contributed by atoms with Crippen LogP contribution >= 0.6 is 0 Å². The standard InChI is InChI=1S/C18H23N3O/c1-20(2)17-10-6-9-16(13-17)18(22)21(12-11-19)14-15-7-4-3-5-8-15/h3-10,13H,11-12,14,19H2,1-2H3. The number of amides is 1. The summed E-state index contributed by atoms with van der Waals surface area (Å²) in [6.07, 6.45) is 0. The van der Waals surface area contributed by atoms with Gasteiger partial charge in [0.25, 0.3) is 5.91 Å². The number of carbonyl (C=O) groups is 1. The molecule has 4 nitrogen and oxygen atoms in total. The average Bonchev–Trinajstić information content (AvgIpc) is 2.55. The number of carbonyl (C=O) groups excluding carboxylic acids is 1. The molecule has 0 spiro atoms. The van der Waals surface area contributed by atoms with Gasteiger partial charge in [-0.05, 0) is 23.8 Å². The van der Waals surface area contributed by atoms with Gasteiger partial charge in [0.1, 0.15) is 0 Å². The minimum absolute atomic E-state index is 0.0120. The quantitative estimate of drug-likeness (QED) is 0.890. The summed E-state index contributed by atoms with van der Waals surface area (Å²) in [5.41, 5.74) is 8.48. The first-order valence-electron chi connectivity index (χ1n) is 7.42. The molecule has 0 aliphatic heterocycles. The monoisotopic (exact) mass is 297 g/mol. The van der Waals surface area contributed by atoms with E-state index in [-0.39, 0.29) is 5.91 Å². The van der Waals surface area contributed by atoms with Crippen molar-refractivity contribution in [2.75, 3.05) is 32.1 Å². The molecule has 116 valence electrons. The smallest absolute Gasteiger partial charge is 0.254 e. The molecule has 2 N–H and O–H groups in total. The Kier molecular flexibility index (Phi) is 5.55. The Morgan fingerprint density at radius 2 is 1.77 bits per heavy atom. The predicted molar refractivity (Wildman–Crippen MR) is 91.0 cm³/mol. The van der Waals surface area contributed by atoms with Crippen molar-refractivity contribution in [1.82, 2.24) is 4.90 Å². The van der Waals surface area contributed by atoms with Crippen molar-refractivity contribution in [1.29, 1.82) is 0 Å². The summed E-state index contributed by atoms with van der Waals surface area (Å²) in [5.74, 6) is 0.0120. The molecule has 0 aliphatic rings. The van der Waals surface area contributed by atoms with Crippen LogP contribution in [0.3, 0.4) is 0 Å². The molecule has 0 fully saturated rings. The molecule has 2 aromatic rings. The third kappa shape index (κ3) is 4.09. The highest BCUT2D eigenvalue weighted by molar-refractivity contribution is 5.95. The van der Waals surface area contributed by atoms with Gasteiger partial charge in [-0.15, -0.1) is 0 Å². The Morgan fingerprint density at radius 3 is 2.41 bits per heavy atom. The minimum atomic E-state index is 0.0120. The summed E-state index contributed by atoms with van der Waals surface area (Å²) in [7, 11) is 3.93. The van der Waals surface area contributed by atoms with E-state index in [0.717, 1.165) is 11.3 Å². The molecule has 0 aliphatic carbocycles. The number of benzene rings is 2. The van der Waals surface area contributed by atoms with Crippen LogP contribution in [-0.2, 0) is 6.54 Å². The van der Waals surface area contributed by atoms with Crippen LogP contribution in [0.25, 0.3) is 0 Å². The third-order valence-electron chi connectivity index (χ3n) is 3.51. The fourth-order valence-electron chi connectivity index (χ4n) is 2.31. The summed E-state index contributed by atoms with van der Waals surface area (Å²) in [6.45, 7) is 1.56. The van der Waals surface area contributed by atoms with E-state index in [4.69, 9.17) is 5.73 Å². The Balaban J connectivity index is 2.20. The van der Waals surface area contributed by atoms with Crippen LogP contribution in [0.15, 0.2) is 54.6 Å². The second-order valence-electron chi connectivity index (χ2n) is 5.45. The number of nitrogens with zero attached hydrogens (tertiary/aromatic N) is 2. The SMILES string of the molecule is CN(C)c1cccc(C(=O)N(CCN)Cc2ccccc2)c1. The lowest BCUT2D eigenvalue weighted by atomic mass is 10.1. The van der Waals surface area contributed by atoms with Crippen LogP contribution in [0.2, 0.25) is 0 Å². The van der Waals surface area contributed by atoms with E-state index in [2.05, 4.69) is 0 Å².